The number of rotatable bonds is 1. The first-order valence-corrected chi connectivity index (χ1v) is 8.02. The first kappa shape index (κ1) is 13.3. The second-order valence-corrected chi connectivity index (χ2v) is 6.24. The van der Waals surface area contributed by atoms with Crippen molar-refractivity contribution in [2.75, 3.05) is 0 Å². The normalized spacial score (nSPS) is 12.6. The zero-order valence-electron chi connectivity index (χ0n) is 13.2. The summed E-state index contributed by atoms with van der Waals surface area (Å²) in [5.41, 5.74) is 11.4. The largest absolute Gasteiger partial charge is 0.0620 e. The van der Waals surface area contributed by atoms with Gasteiger partial charge >= 0.3 is 0 Å². The van der Waals surface area contributed by atoms with Gasteiger partial charge in [0.1, 0.15) is 0 Å². The van der Waals surface area contributed by atoms with E-state index in [4.69, 9.17) is 0 Å². The van der Waals surface area contributed by atoms with Crippen molar-refractivity contribution in [3.63, 3.8) is 0 Å². The van der Waals surface area contributed by atoms with E-state index in [2.05, 4.69) is 74.5 Å². The van der Waals surface area contributed by atoms with Gasteiger partial charge in [0.2, 0.25) is 0 Å². The van der Waals surface area contributed by atoms with Gasteiger partial charge in [-0.15, -0.1) is 0 Å². The molecule has 0 aromatic heterocycles. The molecular weight excluding hydrogens is 264 g/mol. The minimum Gasteiger partial charge on any atom is -0.0620 e. The summed E-state index contributed by atoms with van der Waals surface area (Å²) in [6, 6.07) is 22.1. The van der Waals surface area contributed by atoms with Gasteiger partial charge < -0.3 is 0 Å². The van der Waals surface area contributed by atoms with E-state index in [9.17, 15) is 0 Å². The van der Waals surface area contributed by atoms with Gasteiger partial charge in [0.25, 0.3) is 0 Å². The van der Waals surface area contributed by atoms with E-state index in [0.29, 0.717) is 0 Å². The Morgan fingerprint density at radius 1 is 0.591 bits per heavy atom. The highest BCUT2D eigenvalue weighted by atomic mass is 14.2. The molecule has 3 aromatic rings. The molecular formula is C22H20. The van der Waals surface area contributed by atoms with Gasteiger partial charge in [-0.1, -0.05) is 60.7 Å². The summed E-state index contributed by atoms with van der Waals surface area (Å²) in [7, 11) is 0. The minimum atomic E-state index is 1.15. The smallest absolute Gasteiger partial charge is 0.0146 e. The van der Waals surface area contributed by atoms with Crippen molar-refractivity contribution >= 4 is 0 Å². The zero-order chi connectivity index (χ0) is 15.1. The predicted molar refractivity (Wildman–Crippen MR) is 94.2 cm³/mol. The Morgan fingerprint density at radius 3 is 2.09 bits per heavy atom. The van der Waals surface area contributed by atoms with E-state index in [1.165, 1.54) is 44.5 Å². The molecule has 3 aromatic carbocycles. The molecule has 0 spiro atoms. The van der Waals surface area contributed by atoms with Crippen LogP contribution in [0.5, 0.6) is 0 Å². The first-order chi connectivity index (χ1) is 10.8. The summed E-state index contributed by atoms with van der Waals surface area (Å²) in [5.74, 6) is 0. The van der Waals surface area contributed by atoms with Crippen LogP contribution >= 0.6 is 0 Å². The van der Waals surface area contributed by atoms with Gasteiger partial charge in [-0.05, 0) is 71.2 Å². The molecule has 0 atom stereocenters. The van der Waals surface area contributed by atoms with Gasteiger partial charge in [-0.3, -0.25) is 0 Å². The molecule has 0 fully saturated rings. The minimum absolute atomic E-state index is 1.15. The summed E-state index contributed by atoms with van der Waals surface area (Å²) in [6.07, 6.45) is 2.30. The molecule has 1 aliphatic carbocycles. The van der Waals surface area contributed by atoms with Crippen LogP contribution in [0.3, 0.4) is 0 Å². The van der Waals surface area contributed by atoms with Gasteiger partial charge in [0.05, 0.1) is 0 Å². The zero-order valence-corrected chi connectivity index (χ0v) is 13.2. The van der Waals surface area contributed by atoms with E-state index in [-0.39, 0.29) is 0 Å². The number of hydrogen-bond donors (Lipinski definition) is 0. The maximum Gasteiger partial charge on any atom is -0.0146 e. The Balaban J connectivity index is 1.93. The fraction of sp³-hybridized carbons (Fsp3) is 0.182. The first-order valence-electron chi connectivity index (χ1n) is 8.02. The lowest BCUT2D eigenvalue weighted by Crippen LogP contribution is -2.06. The molecule has 1 aliphatic rings. The highest BCUT2D eigenvalue weighted by Gasteiger charge is 2.19. The fourth-order valence-electron chi connectivity index (χ4n) is 3.76. The lowest BCUT2D eigenvalue weighted by atomic mass is 9.81. The lowest BCUT2D eigenvalue weighted by Gasteiger charge is -2.23. The van der Waals surface area contributed by atoms with Gasteiger partial charge in [0.15, 0.2) is 0 Å². The van der Waals surface area contributed by atoms with E-state index in [0.717, 1.165) is 12.8 Å². The summed E-state index contributed by atoms with van der Waals surface area (Å²) in [6.45, 7) is 4.48. The quantitative estimate of drug-likeness (QED) is 0.535. The van der Waals surface area contributed by atoms with Crippen LogP contribution in [-0.4, -0.2) is 0 Å². The molecule has 0 nitrogen and oxygen atoms in total. The van der Waals surface area contributed by atoms with Crippen LogP contribution in [0.15, 0.2) is 60.7 Å². The molecule has 22 heavy (non-hydrogen) atoms. The van der Waals surface area contributed by atoms with E-state index in [1.807, 2.05) is 0 Å². The maximum atomic E-state index is 2.32. The highest BCUT2D eigenvalue weighted by Crippen LogP contribution is 2.39. The molecule has 0 heterocycles. The Kier molecular flexibility index (Phi) is 3.11. The molecule has 0 bridgehead atoms. The van der Waals surface area contributed by atoms with Crippen LogP contribution in [0, 0.1) is 13.8 Å². The number of benzene rings is 3. The molecule has 0 amide bonds. The molecule has 0 aliphatic heterocycles. The van der Waals surface area contributed by atoms with Crippen LogP contribution in [0.25, 0.3) is 22.3 Å². The topological polar surface area (TPSA) is 0 Å². The van der Waals surface area contributed by atoms with Gasteiger partial charge in [0, 0.05) is 0 Å². The second-order valence-electron chi connectivity index (χ2n) is 6.24. The summed E-state index contributed by atoms with van der Waals surface area (Å²) in [4.78, 5) is 0. The third-order valence-corrected chi connectivity index (χ3v) is 4.99. The average molecular weight is 284 g/mol. The summed E-state index contributed by atoms with van der Waals surface area (Å²) >= 11 is 0. The van der Waals surface area contributed by atoms with Crippen molar-refractivity contribution in [3.05, 3.63) is 82.9 Å². The molecule has 108 valence electrons. The molecule has 0 saturated heterocycles. The average Bonchev–Trinajstić information content (AvgIpc) is 2.56. The SMILES string of the molecule is Cc1ccccc1-c1ccc2c(c1C)CCc1ccccc1-2. The van der Waals surface area contributed by atoms with Crippen molar-refractivity contribution in [1.82, 2.24) is 0 Å². The molecule has 0 saturated carbocycles. The molecule has 0 unspecified atom stereocenters. The number of fused-ring (bicyclic) bond motifs is 3. The van der Waals surface area contributed by atoms with Crippen molar-refractivity contribution in [3.8, 4) is 22.3 Å². The van der Waals surface area contributed by atoms with E-state index >= 15 is 0 Å². The van der Waals surface area contributed by atoms with E-state index in [1.54, 1.807) is 0 Å². The summed E-state index contributed by atoms with van der Waals surface area (Å²) < 4.78 is 0. The van der Waals surface area contributed by atoms with Crippen molar-refractivity contribution in [2.45, 2.75) is 26.7 Å². The van der Waals surface area contributed by atoms with Crippen LogP contribution in [0.4, 0.5) is 0 Å². The number of hydrogen-bond acceptors (Lipinski definition) is 0. The Labute approximate surface area is 132 Å². The lowest BCUT2D eigenvalue weighted by molar-refractivity contribution is 0.931. The fourth-order valence-corrected chi connectivity index (χ4v) is 3.76. The molecule has 0 heteroatoms. The Morgan fingerprint density at radius 2 is 1.27 bits per heavy atom. The second kappa shape index (κ2) is 5.14. The highest BCUT2D eigenvalue weighted by molar-refractivity contribution is 5.80. The van der Waals surface area contributed by atoms with Crippen LogP contribution in [-0.2, 0) is 12.8 Å². The third-order valence-electron chi connectivity index (χ3n) is 4.99. The van der Waals surface area contributed by atoms with Crippen molar-refractivity contribution in [1.29, 1.82) is 0 Å². The monoisotopic (exact) mass is 284 g/mol. The van der Waals surface area contributed by atoms with Crippen LogP contribution in [0.1, 0.15) is 22.3 Å². The Bertz CT molecular complexity index is 856. The van der Waals surface area contributed by atoms with Crippen LogP contribution < -0.4 is 0 Å². The number of aryl methyl sites for hydroxylation is 2. The van der Waals surface area contributed by atoms with Crippen molar-refractivity contribution in [2.24, 2.45) is 0 Å². The predicted octanol–water partition coefficient (Wildman–Crippen LogP) is 5.74. The van der Waals surface area contributed by atoms with Gasteiger partial charge in [-0.2, -0.15) is 0 Å². The van der Waals surface area contributed by atoms with E-state index < -0.39 is 0 Å². The van der Waals surface area contributed by atoms with Crippen LogP contribution in [0.2, 0.25) is 0 Å². The maximum absolute atomic E-state index is 2.32. The van der Waals surface area contributed by atoms with Gasteiger partial charge in [-0.25, -0.2) is 0 Å². The standard InChI is InChI=1S/C22H20/c1-15-7-3-5-9-18(15)19-13-14-22-20(16(19)2)12-11-17-8-4-6-10-21(17)22/h3-10,13-14H,11-12H2,1-2H3. The molecule has 4 rings (SSSR count). The molecule has 0 radical (unpaired) electrons. The Hall–Kier alpha value is -2.34. The third kappa shape index (κ3) is 1.99. The summed E-state index contributed by atoms with van der Waals surface area (Å²) in [5, 5.41) is 0. The van der Waals surface area contributed by atoms with Crippen molar-refractivity contribution < 1.29 is 0 Å². The molecule has 0 N–H and O–H groups in total.